The molecular formula is C19H13ClN2OS2. The van der Waals surface area contributed by atoms with Crippen molar-refractivity contribution in [3.05, 3.63) is 71.9 Å². The molecule has 0 aliphatic carbocycles. The fourth-order valence-electron chi connectivity index (χ4n) is 2.62. The van der Waals surface area contributed by atoms with Crippen molar-refractivity contribution in [2.24, 2.45) is 0 Å². The highest BCUT2D eigenvalue weighted by molar-refractivity contribution is 8.00. The summed E-state index contributed by atoms with van der Waals surface area (Å²) in [5.41, 5.74) is 1.86. The van der Waals surface area contributed by atoms with Crippen molar-refractivity contribution >= 4 is 52.4 Å². The van der Waals surface area contributed by atoms with Crippen LogP contribution in [-0.4, -0.2) is 16.6 Å². The highest BCUT2D eigenvalue weighted by Gasteiger charge is 2.27. The number of halogens is 1. The maximum atomic E-state index is 13.0. The maximum absolute atomic E-state index is 13.0. The summed E-state index contributed by atoms with van der Waals surface area (Å²) in [4.78, 5) is 21.2. The first kappa shape index (κ1) is 16.5. The van der Waals surface area contributed by atoms with Gasteiger partial charge in [-0.15, -0.1) is 0 Å². The molecule has 124 valence electrons. The van der Waals surface area contributed by atoms with Gasteiger partial charge in [0.25, 0.3) is 0 Å². The van der Waals surface area contributed by atoms with Crippen LogP contribution in [0.5, 0.6) is 0 Å². The molecule has 3 aromatic rings. The van der Waals surface area contributed by atoms with Crippen molar-refractivity contribution in [1.82, 2.24) is 4.98 Å². The second kappa shape index (κ2) is 7.12. The van der Waals surface area contributed by atoms with Gasteiger partial charge in [-0.1, -0.05) is 59.4 Å². The number of thioether (sulfide) groups is 1. The van der Waals surface area contributed by atoms with Crippen LogP contribution in [0.3, 0.4) is 0 Å². The van der Waals surface area contributed by atoms with Gasteiger partial charge in [-0.2, -0.15) is 0 Å². The summed E-state index contributed by atoms with van der Waals surface area (Å²) >= 11 is 8.96. The van der Waals surface area contributed by atoms with Crippen LogP contribution in [0.15, 0.2) is 81.7 Å². The van der Waals surface area contributed by atoms with Crippen LogP contribution in [0.25, 0.3) is 0 Å². The molecule has 0 N–H and O–H groups in total. The van der Waals surface area contributed by atoms with Gasteiger partial charge in [-0.05, 0) is 36.4 Å². The first-order valence-corrected chi connectivity index (χ1v) is 9.83. The molecule has 25 heavy (non-hydrogen) atoms. The molecule has 1 amide bonds. The molecule has 0 radical (unpaired) electrons. The van der Waals surface area contributed by atoms with Crippen LogP contribution in [0.1, 0.15) is 0 Å². The molecule has 0 bridgehead atoms. The minimum Gasteiger partial charge on any atom is -0.278 e. The number of rotatable bonds is 3. The van der Waals surface area contributed by atoms with E-state index < -0.39 is 0 Å². The molecule has 3 nitrogen and oxygen atoms in total. The number of amides is 1. The molecule has 0 saturated heterocycles. The van der Waals surface area contributed by atoms with Crippen LogP contribution in [0.4, 0.5) is 11.4 Å². The lowest BCUT2D eigenvalue weighted by atomic mass is 10.2. The van der Waals surface area contributed by atoms with Crippen LogP contribution in [0.2, 0.25) is 5.02 Å². The number of carbonyl (C=O) groups is 1. The molecule has 1 aliphatic heterocycles. The molecule has 0 unspecified atom stereocenters. The van der Waals surface area contributed by atoms with Crippen LogP contribution < -0.4 is 4.90 Å². The van der Waals surface area contributed by atoms with Crippen molar-refractivity contribution in [1.29, 1.82) is 0 Å². The van der Waals surface area contributed by atoms with Gasteiger partial charge in [0, 0.05) is 16.0 Å². The number of hydrogen-bond acceptors (Lipinski definition) is 4. The third-order valence-electron chi connectivity index (χ3n) is 3.73. The highest BCUT2D eigenvalue weighted by Crippen LogP contribution is 2.48. The number of pyridine rings is 1. The molecule has 2 aromatic carbocycles. The number of para-hydroxylation sites is 2. The van der Waals surface area contributed by atoms with E-state index in [4.69, 9.17) is 11.6 Å². The lowest BCUT2D eigenvalue weighted by Crippen LogP contribution is -2.29. The Hall–Kier alpha value is -1.95. The van der Waals surface area contributed by atoms with Crippen LogP contribution in [-0.2, 0) is 4.79 Å². The minimum absolute atomic E-state index is 0.0296. The van der Waals surface area contributed by atoms with Crippen LogP contribution in [0, 0.1) is 0 Å². The van der Waals surface area contributed by atoms with Crippen molar-refractivity contribution in [3.63, 3.8) is 0 Å². The summed E-state index contributed by atoms with van der Waals surface area (Å²) < 4.78 is 0. The molecule has 0 fully saturated rings. The highest BCUT2D eigenvalue weighted by atomic mass is 35.5. The summed E-state index contributed by atoms with van der Waals surface area (Å²) in [6.07, 6.45) is 1.59. The molecule has 4 rings (SSSR count). The van der Waals surface area contributed by atoms with Crippen molar-refractivity contribution in [2.75, 3.05) is 10.7 Å². The van der Waals surface area contributed by atoms with Gasteiger partial charge >= 0.3 is 0 Å². The van der Waals surface area contributed by atoms with Gasteiger partial charge in [0.15, 0.2) is 0 Å². The van der Waals surface area contributed by atoms with Crippen LogP contribution >= 0.6 is 35.1 Å². The molecule has 0 spiro atoms. The summed E-state index contributed by atoms with van der Waals surface area (Å²) in [6, 6.07) is 19.6. The number of nitrogens with zero attached hydrogens (tertiary/aromatic N) is 2. The van der Waals surface area contributed by atoms with Gasteiger partial charge in [-0.25, -0.2) is 4.98 Å². The third-order valence-corrected chi connectivity index (χ3v) is 6.01. The van der Waals surface area contributed by atoms with Crippen molar-refractivity contribution < 1.29 is 4.79 Å². The number of carbonyl (C=O) groups excluding carboxylic acids is 1. The van der Waals surface area contributed by atoms with E-state index in [1.165, 1.54) is 11.8 Å². The van der Waals surface area contributed by atoms with Gasteiger partial charge in [0.05, 0.1) is 27.2 Å². The fraction of sp³-hybridized carbons (Fsp3) is 0.0526. The first-order valence-electron chi connectivity index (χ1n) is 7.65. The fourth-order valence-corrected chi connectivity index (χ4v) is 4.48. The summed E-state index contributed by atoms with van der Waals surface area (Å²) in [6.45, 7) is 0. The second-order valence-corrected chi connectivity index (χ2v) is 7.89. The molecular weight excluding hydrogens is 372 g/mol. The summed E-state index contributed by atoms with van der Waals surface area (Å²) in [5.74, 6) is 0.337. The Morgan fingerprint density at radius 2 is 1.64 bits per heavy atom. The number of benzene rings is 2. The van der Waals surface area contributed by atoms with Gasteiger partial charge in [0.1, 0.15) is 0 Å². The van der Waals surface area contributed by atoms with Gasteiger partial charge in [-0.3, -0.25) is 9.69 Å². The van der Waals surface area contributed by atoms with E-state index in [0.29, 0.717) is 10.8 Å². The van der Waals surface area contributed by atoms with Gasteiger partial charge in [0.2, 0.25) is 5.91 Å². The monoisotopic (exact) mass is 384 g/mol. The Bertz CT molecular complexity index is 885. The second-order valence-electron chi connectivity index (χ2n) is 5.37. The predicted octanol–water partition coefficient (Wildman–Crippen LogP) is 5.66. The number of fused-ring (bicyclic) bond motifs is 2. The number of aromatic nitrogens is 1. The lowest BCUT2D eigenvalue weighted by Gasteiger charge is -2.30. The quantitative estimate of drug-likeness (QED) is 0.546. The largest absolute Gasteiger partial charge is 0.278 e. The van der Waals surface area contributed by atoms with E-state index in [0.717, 1.165) is 26.2 Å². The molecule has 1 aromatic heterocycles. The lowest BCUT2D eigenvalue weighted by molar-refractivity contribution is -0.115. The zero-order valence-corrected chi connectivity index (χ0v) is 15.4. The van der Waals surface area contributed by atoms with Gasteiger partial charge < -0.3 is 0 Å². The number of anilines is 2. The van der Waals surface area contributed by atoms with E-state index in [1.807, 2.05) is 59.5 Å². The van der Waals surface area contributed by atoms with E-state index in [-0.39, 0.29) is 5.91 Å². The van der Waals surface area contributed by atoms with E-state index >= 15 is 0 Å². The first-order chi connectivity index (χ1) is 12.2. The van der Waals surface area contributed by atoms with Crippen molar-refractivity contribution in [2.45, 2.75) is 14.8 Å². The average Bonchev–Trinajstić information content (AvgIpc) is 2.65. The minimum atomic E-state index is 0.0296. The third kappa shape index (κ3) is 3.40. The Morgan fingerprint density at radius 1 is 1.00 bits per heavy atom. The zero-order valence-electron chi connectivity index (χ0n) is 13.1. The summed E-state index contributed by atoms with van der Waals surface area (Å²) in [7, 11) is 0. The topological polar surface area (TPSA) is 33.2 Å². The maximum Gasteiger partial charge on any atom is 0.242 e. The van der Waals surface area contributed by atoms with E-state index in [2.05, 4.69) is 4.98 Å². The van der Waals surface area contributed by atoms with E-state index in [1.54, 1.807) is 24.0 Å². The predicted molar refractivity (Wildman–Crippen MR) is 104 cm³/mol. The number of hydrogen-bond donors (Lipinski definition) is 0. The smallest absolute Gasteiger partial charge is 0.242 e. The standard InChI is InChI=1S/C19H13ClN2OS2/c20-13-9-10-18(21-11-13)24-12-19(23)22-14-5-1-3-7-16(14)25-17-8-4-2-6-15(17)22/h1-11H,12H2. The SMILES string of the molecule is O=C(CSc1ccc(Cl)cn1)N1c2ccccc2Sc2ccccc21. The Labute approximate surface area is 159 Å². The Morgan fingerprint density at radius 3 is 2.24 bits per heavy atom. The van der Waals surface area contributed by atoms with E-state index in [9.17, 15) is 4.79 Å². The average molecular weight is 385 g/mol. The Balaban J connectivity index is 1.62. The molecule has 6 heteroatoms. The molecule has 0 atom stereocenters. The van der Waals surface area contributed by atoms with Crippen molar-refractivity contribution in [3.8, 4) is 0 Å². The summed E-state index contributed by atoms with van der Waals surface area (Å²) in [5, 5.41) is 1.37. The zero-order chi connectivity index (χ0) is 17.2. The molecule has 2 heterocycles. The normalized spacial score (nSPS) is 12.4. The molecule has 0 saturated carbocycles. The molecule has 1 aliphatic rings. The Kier molecular flexibility index (Phi) is 4.70.